The van der Waals surface area contributed by atoms with E-state index in [0.717, 1.165) is 0 Å². The molecule has 0 aliphatic carbocycles. The summed E-state index contributed by atoms with van der Waals surface area (Å²) in [6, 6.07) is 9.22. The normalized spacial score (nSPS) is 10.6. The Kier molecular flexibility index (Phi) is 5.49. The highest BCUT2D eigenvalue weighted by Crippen LogP contribution is 2.28. The van der Waals surface area contributed by atoms with Crippen LogP contribution in [0.25, 0.3) is 11.0 Å². The zero-order valence-corrected chi connectivity index (χ0v) is 15.5. The van der Waals surface area contributed by atoms with Gasteiger partial charge in [0.1, 0.15) is 11.5 Å². The molecule has 0 aliphatic heterocycles. The first-order valence-corrected chi connectivity index (χ1v) is 8.30. The summed E-state index contributed by atoms with van der Waals surface area (Å²) in [5.74, 6) is -1.16. The maximum atomic E-state index is 13.8. The van der Waals surface area contributed by atoms with Crippen LogP contribution in [0.1, 0.15) is 16.1 Å². The van der Waals surface area contributed by atoms with Crippen LogP contribution >= 0.6 is 0 Å². The number of halogens is 1. The Bertz CT molecular complexity index is 1020. The fraction of sp³-hybridized carbons (Fsp3) is 0.200. The minimum atomic E-state index is -0.855. The molecule has 2 aromatic carbocycles. The maximum Gasteiger partial charge on any atom is 0.375 e. The van der Waals surface area contributed by atoms with Crippen molar-refractivity contribution in [3.05, 3.63) is 53.5 Å². The third-order valence-corrected chi connectivity index (χ3v) is 4.07. The number of benzene rings is 2. The molecule has 0 saturated carbocycles. The number of hydrogen-bond acceptors (Lipinski definition) is 6. The Morgan fingerprint density at radius 1 is 1.11 bits per heavy atom. The highest BCUT2D eigenvalue weighted by atomic mass is 19.1. The van der Waals surface area contributed by atoms with Gasteiger partial charge in [-0.05, 0) is 13.0 Å². The van der Waals surface area contributed by atoms with Gasteiger partial charge in [-0.15, -0.1) is 0 Å². The summed E-state index contributed by atoms with van der Waals surface area (Å²) in [4.78, 5) is 24.3. The van der Waals surface area contributed by atoms with E-state index >= 15 is 0 Å². The van der Waals surface area contributed by atoms with Crippen molar-refractivity contribution >= 4 is 28.5 Å². The molecule has 0 atom stereocenters. The molecule has 28 heavy (non-hydrogen) atoms. The summed E-state index contributed by atoms with van der Waals surface area (Å²) in [7, 11) is 2.97. The van der Waals surface area contributed by atoms with Gasteiger partial charge < -0.3 is 23.9 Å². The smallest absolute Gasteiger partial charge is 0.375 e. The van der Waals surface area contributed by atoms with Gasteiger partial charge in [0.25, 0.3) is 5.91 Å². The Balaban J connectivity index is 1.67. The van der Waals surface area contributed by atoms with Gasteiger partial charge in [0.15, 0.2) is 18.0 Å². The second-order valence-corrected chi connectivity index (χ2v) is 5.90. The molecule has 0 unspecified atom stereocenters. The van der Waals surface area contributed by atoms with Crippen LogP contribution in [0.3, 0.4) is 0 Å². The van der Waals surface area contributed by atoms with Crippen molar-refractivity contribution in [3.63, 3.8) is 0 Å². The van der Waals surface area contributed by atoms with Gasteiger partial charge in [-0.1, -0.05) is 12.1 Å². The van der Waals surface area contributed by atoms with Crippen molar-refractivity contribution in [2.24, 2.45) is 0 Å². The van der Waals surface area contributed by atoms with E-state index in [9.17, 15) is 14.0 Å². The number of esters is 1. The summed E-state index contributed by atoms with van der Waals surface area (Å²) < 4.78 is 34.3. The average molecular weight is 387 g/mol. The van der Waals surface area contributed by atoms with E-state index in [4.69, 9.17) is 18.6 Å². The molecule has 7 nitrogen and oxygen atoms in total. The molecule has 0 spiro atoms. The van der Waals surface area contributed by atoms with E-state index in [2.05, 4.69) is 5.32 Å². The Hall–Kier alpha value is -3.55. The van der Waals surface area contributed by atoms with Gasteiger partial charge >= 0.3 is 5.97 Å². The van der Waals surface area contributed by atoms with E-state index in [0.29, 0.717) is 28.1 Å². The van der Waals surface area contributed by atoms with Crippen molar-refractivity contribution < 1.29 is 32.6 Å². The van der Waals surface area contributed by atoms with Gasteiger partial charge in [0.05, 0.1) is 14.2 Å². The quantitative estimate of drug-likeness (QED) is 0.649. The van der Waals surface area contributed by atoms with E-state index in [-0.39, 0.29) is 11.3 Å². The third-order valence-electron chi connectivity index (χ3n) is 4.07. The molecular formula is C20H18FNO6. The minimum Gasteiger partial charge on any atom is -0.497 e. The summed E-state index contributed by atoms with van der Waals surface area (Å²) in [6.07, 6.45) is 0. The molecule has 1 N–H and O–H groups in total. The Morgan fingerprint density at radius 2 is 1.79 bits per heavy atom. The van der Waals surface area contributed by atoms with Crippen LogP contribution in [-0.4, -0.2) is 32.7 Å². The van der Waals surface area contributed by atoms with Crippen molar-refractivity contribution in [3.8, 4) is 11.5 Å². The van der Waals surface area contributed by atoms with Crippen LogP contribution in [0.4, 0.5) is 10.1 Å². The molecule has 1 aromatic heterocycles. The summed E-state index contributed by atoms with van der Waals surface area (Å²) in [5, 5.41) is 3.05. The summed E-state index contributed by atoms with van der Waals surface area (Å²) >= 11 is 0. The molecule has 0 bridgehead atoms. The number of fused-ring (bicyclic) bond motifs is 1. The number of ether oxygens (including phenoxy) is 3. The number of carbonyl (C=O) groups is 2. The number of aryl methyl sites for hydroxylation is 1. The van der Waals surface area contributed by atoms with Gasteiger partial charge in [0, 0.05) is 34.8 Å². The van der Waals surface area contributed by atoms with E-state index < -0.39 is 24.3 Å². The second-order valence-electron chi connectivity index (χ2n) is 5.90. The van der Waals surface area contributed by atoms with Crippen LogP contribution in [-0.2, 0) is 9.53 Å². The first-order valence-electron chi connectivity index (χ1n) is 8.30. The molecule has 0 radical (unpaired) electrons. The fourth-order valence-corrected chi connectivity index (χ4v) is 2.68. The number of carbonyl (C=O) groups excluding carboxylic acids is 2. The van der Waals surface area contributed by atoms with E-state index in [1.54, 1.807) is 31.2 Å². The number of hydrogen-bond donors (Lipinski definition) is 1. The van der Waals surface area contributed by atoms with Crippen LogP contribution < -0.4 is 14.8 Å². The molecule has 1 heterocycles. The van der Waals surface area contributed by atoms with Crippen molar-refractivity contribution in [1.29, 1.82) is 0 Å². The van der Waals surface area contributed by atoms with Crippen LogP contribution in [0.2, 0.25) is 0 Å². The van der Waals surface area contributed by atoms with Crippen LogP contribution in [0.15, 0.2) is 40.8 Å². The van der Waals surface area contributed by atoms with Gasteiger partial charge in [-0.2, -0.15) is 0 Å². The number of anilines is 1. The highest BCUT2D eigenvalue weighted by molar-refractivity contribution is 5.98. The SMILES string of the molecule is COc1cc(NC(=O)COC(=O)c2oc3c(F)cccc3c2C)cc(OC)c1. The molecule has 8 heteroatoms. The molecule has 1 amide bonds. The zero-order valence-electron chi connectivity index (χ0n) is 15.5. The van der Waals surface area contributed by atoms with Gasteiger partial charge in [0.2, 0.25) is 5.76 Å². The molecule has 0 fully saturated rings. The lowest BCUT2D eigenvalue weighted by Crippen LogP contribution is -2.21. The third kappa shape index (κ3) is 3.90. The number of para-hydroxylation sites is 1. The predicted molar refractivity (Wildman–Crippen MR) is 99.4 cm³/mol. The van der Waals surface area contributed by atoms with E-state index in [1.165, 1.54) is 26.4 Å². The molecular weight excluding hydrogens is 369 g/mol. The van der Waals surface area contributed by atoms with E-state index in [1.807, 2.05) is 0 Å². The molecule has 3 aromatic rings. The lowest BCUT2D eigenvalue weighted by molar-refractivity contribution is -0.119. The van der Waals surface area contributed by atoms with Gasteiger partial charge in [-0.3, -0.25) is 4.79 Å². The second kappa shape index (κ2) is 7.99. The Labute approximate surface area is 160 Å². The number of furan rings is 1. The fourth-order valence-electron chi connectivity index (χ4n) is 2.68. The summed E-state index contributed by atoms with van der Waals surface area (Å²) in [5.41, 5.74) is 0.830. The Morgan fingerprint density at radius 3 is 2.39 bits per heavy atom. The number of nitrogens with one attached hydrogen (secondary N) is 1. The number of rotatable bonds is 6. The first kappa shape index (κ1) is 19.2. The van der Waals surface area contributed by atoms with Crippen molar-refractivity contribution in [1.82, 2.24) is 0 Å². The molecule has 146 valence electrons. The van der Waals surface area contributed by atoms with Crippen LogP contribution in [0.5, 0.6) is 11.5 Å². The topological polar surface area (TPSA) is 87.0 Å². The number of amides is 1. The maximum absolute atomic E-state index is 13.8. The molecule has 0 saturated heterocycles. The lowest BCUT2D eigenvalue weighted by Gasteiger charge is -2.10. The zero-order chi connectivity index (χ0) is 20.3. The molecule has 3 rings (SSSR count). The van der Waals surface area contributed by atoms with Crippen molar-refractivity contribution in [2.75, 3.05) is 26.1 Å². The van der Waals surface area contributed by atoms with Crippen LogP contribution in [0, 0.1) is 12.7 Å². The van der Waals surface area contributed by atoms with Crippen molar-refractivity contribution in [2.45, 2.75) is 6.92 Å². The van der Waals surface area contributed by atoms with Gasteiger partial charge in [-0.25, -0.2) is 9.18 Å². The standard InChI is InChI=1S/C20H18FNO6/c1-11-15-5-4-6-16(21)19(15)28-18(11)20(24)27-10-17(23)22-12-7-13(25-2)9-14(8-12)26-3/h4-9H,10H2,1-3H3,(H,22,23). The minimum absolute atomic E-state index is 0.0279. The average Bonchev–Trinajstić information content (AvgIpc) is 3.04. The predicted octanol–water partition coefficient (Wildman–Crippen LogP) is 3.69. The first-order chi connectivity index (χ1) is 13.4. The summed E-state index contributed by atoms with van der Waals surface area (Å²) in [6.45, 7) is 1.07. The largest absolute Gasteiger partial charge is 0.497 e. The number of methoxy groups -OCH3 is 2. The highest BCUT2D eigenvalue weighted by Gasteiger charge is 2.21. The monoisotopic (exact) mass is 387 g/mol. The lowest BCUT2D eigenvalue weighted by atomic mass is 10.1. The molecule has 0 aliphatic rings.